The summed E-state index contributed by atoms with van der Waals surface area (Å²) in [7, 11) is 0. The Kier molecular flexibility index (Phi) is 3.85. The van der Waals surface area contributed by atoms with Crippen molar-refractivity contribution in [1.82, 2.24) is 14.5 Å². The van der Waals surface area contributed by atoms with Crippen LogP contribution in [-0.2, 0) is 6.54 Å². The minimum absolute atomic E-state index is 0.0316. The maximum Gasteiger partial charge on any atom is 0.326 e. The molecule has 1 atom stereocenters. The van der Waals surface area contributed by atoms with Crippen molar-refractivity contribution < 1.29 is 0 Å². The molecule has 5 heteroatoms. The van der Waals surface area contributed by atoms with Gasteiger partial charge < -0.3 is 9.88 Å². The zero-order valence-corrected chi connectivity index (χ0v) is 12.5. The lowest BCUT2D eigenvalue weighted by Gasteiger charge is -2.31. The van der Waals surface area contributed by atoms with Crippen molar-refractivity contribution in [1.29, 1.82) is 0 Å². The molecule has 1 aliphatic heterocycles. The van der Waals surface area contributed by atoms with Gasteiger partial charge in [-0.3, -0.25) is 4.57 Å². The number of imidazole rings is 1. The first kappa shape index (κ1) is 13.7. The summed E-state index contributed by atoms with van der Waals surface area (Å²) in [5, 5.41) is 0.670. The first-order chi connectivity index (χ1) is 9.67. The smallest absolute Gasteiger partial charge is 0.306 e. The SMILES string of the molecule is CCN1CCCC(Cn2c(=O)[nH]c3ccc(Cl)cc32)C1. The summed E-state index contributed by atoms with van der Waals surface area (Å²) in [6.07, 6.45) is 2.41. The van der Waals surface area contributed by atoms with Gasteiger partial charge in [0.15, 0.2) is 0 Å². The molecule has 3 rings (SSSR count). The highest BCUT2D eigenvalue weighted by atomic mass is 35.5. The largest absolute Gasteiger partial charge is 0.326 e. The van der Waals surface area contributed by atoms with E-state index in [1.54, 1.807) is 0 Å². The van der Waals surface area contributed by atoms with Crippen molar-refractivity contribution in [2.45, 2.75) is 26.3 Å². The molecule has 0 bridgehead atoms. The molecule has 1 N–H and O–H groups in total. The highest BCUT2D eigenvalue weighted by Crippen LogP contribution is 2.21. The maximum atomic E-state index is 12.1. The van der Waals surface area contributed by atoms with Gasteiger partial charge in [-0.1, -0.05) is 18.5 Å². The van der Waals surface area contributed by atoms with E-state index in [1.165, 1.54) is 19.4 Å². The Morgan fingerprint density at radius 3 is 3.10 bits per heavy atom. The Morgan fingerprint density at radius 1 is 1.45 bits per heavy atom. The normalized spacial score (nSPS) is 20.6. The van der Waals surface area contributed by atoms with Crippen LogP contribution in [0.15, 0.2) is 23.0 Å². The third-order valence-corrected chi connectivity index (χ3v) is 4.46. The van der Waals surface area contributed by atoms with Crippen LogP contribution >= 0.6 is 11.6 Å². The van der Waals surface area contributed by atoms with Crippen LogP contribution in [0.1, 0.15) is 19.8 Å². The van der Waals surface area contributed by atoms with Crippen LogP contribution in [-0.4, -0.2) is 34.1 Å². The molecular formula is C15H20ClN3O. The van der Waals surface area contributed by atoms with Gasteiger partial charge in [-0.05, 0) is 50.0 Å². The molecule has 1 saturated heterocycles. The van der Waals surface area contributed by atoms with Crippen LogP contribution in [0.3, 0.4) is 0 Å². The van der Waals surface area contributed by atoms with E-state index in [-0.39, 0.29) is 5.69 Å². The van der Waals surface area contributed by atoms with Gasteiger partial charge in [-0.25, -0.2) is 4.79 Å². The zero-order valence-electron chi connectivity index (χ0n) is 11.7. The van der Waals surface area contributed by atoms with Gasteiger partial charge in [0.05, 0.1) is 11.0 Å². The number of nitrogens with one attached hydrogen (secondary N) is 1. The molecule has 0 amide bonds. The number of piperidine rings is 1. The first-order valence-electron chi connectivity index (χ1n) is 7.28. The fourth-order valence-corrected chi connectivity index (χ4v) is 3.32. The second-order valence-electron chi connectivity index (χ2n) is 5.60. The predicted molar refractivity (Wildman–Crippen MR) is 82.4 cm³/mol. The van der Waals surface area contributed by atoms with Crippen molar-refractivity contribution in [3.63, 3.8) is 0 Å². The quantitative estimate of drug-likeness (QED) is 0.945. The number of halogens is 1. The second-order valence-corrected chi connectivity index (χ2v) is 6.04. The second kappa shape index (κ2) is 5.62. The molecule has 2 heterocycles. The average molecular weight is 294 g/mol. The summed E-state index contributed by atoms with van der Waals surface area (Å²) in [5.74, 6) is 0.541. The van der Waals surface area contributed by atoms with Crippen LogP contribution in [0.25, 0.3) is 11.0 Å². The number of hydrogen-bond donors (Lipinski definition) is 1. The van der Waals surface area contributed by atoms with Gasteiger partial charge in [0.25, 0.3) is 0 Å². The number of benzene rings is 1. The zero-order chi connectivity index (χ0) is 14.1. The van der Waals surface area contributed by atoms with E-state index >= 15 is 0 Å². The summed E-state index contributed by atoms with van der Waals surface area (Å²) in [6.45, 7) is 6.32. The molecule has 1 fully saturated rings. The lowest BCUT2D eigenvalue weighted by atomic mass is 9.98. The number of aromatic amines is 1. The third-order valence-electron chi connectivity index (χ3n) is 4.23. The Morgan fingerprint density at radius 2 is 2.30 bits per heavy atom. The van der Waals surface area contributed by atoms with E-state index < -0.39 is 0 Å². The number of hydrogen-bond acceptors (Lipinski definition) is 2. The number of aromatic nitrogens is 2. The highest BCUT2D eigenvalue weighted by molar-refractivity contribution is 6.31. The molecule has 0 spiro atoms. The molecule has 0 aliphatic carbocycles. The van der Waals surface area contributed by atoms with Gasteiger partial charge in [0.1, 0.15) is 0 Å². The molecule has 4 nitrogen and oxygen atoms in total. The summed E-state index contributed by atoms with van der Waals surface area (Å²) in [6, 6.07) is 5.55. The van der Waals surface area contributed by atoms with Crippen molar-refractivity contribution in [3.8, 4) is 0 Å². The van der Waals surface area contributed by atoms with Crippen LogP contribution in [0.4, 0.5) is 0 Å². The van der Waals surface area contributed by atoms with Crippen LogP contribution in [0.5, 0.6) is 0 Å². The monoisotopic (exact) mass is 293 g/mol. The predicted octanol–water partition coefficient (Wildman–Crippen LogP) is 2.71. The highest BCUT2D eigenvalue weighted by Gasteiger charge is 2.20. The fraction of sp³-hybridized carbons (Fsp3) is 0.533. The minimum atomic E-state index is -0.0316. The summed E-state index contributed by atoms with van der Waals surface area (Å²) < 4.78 is 1.84. The number of likely N-dealkylation sites (tertiary alicyclic amines) is 1. The van der Waals surface area contributed by atoms with Crippen molar-refractivity contribution >= 4 is 22.6 Å². The molecule has 1 aromatic heterocycles. The van der Waals surface area contributed by atoms with Gasteiger partial charge in [0.2, 0.25) is 0 Å². The molecule has 1 aliphatic rings. The van der Waals surface area contributed by atoms with Crippen LogP contribution in [0, 0.1) is 5.92 Å². The Bertz CT molecular complexity index is 661. The van der Waals surface area contributed by atoms with E-state index in [0.717, 1.165) is 30.7 Å². The van der Waals surface area contributed by atoms with Crippen molar-refractivity contribution in [2.75, 3.05) is 19.6 Å². The summed E-state index contributed by atoms with van der Waals surface area (Å²) in [4.78, 5) is 17.5. The summed E-state index contributed by atoms with van der Waals surface area (Å²) in [5.41, 5.74) is 1.74. The maximum absolute atomic E-state index is 12.1. The molecule has 2 aromatic rings. The number of fused-ring (bicyclic) bond motifs is 1. The number of rotatable bonds is 3. The fourth-order valence-electron chi connectivity index (χ4n) is 3.15. The lowest BCUT2D eigenvalue weighted by molar-refractivity contribution is 0.170. The first-order valence-corrected chi connectivity index (χ1v) is 7.65. The van der Waals surface area contributed by atoms with Gasteiger partial charge in [0, 0.05) is 18.1 Å². The minimum Gasteiger partial charge on any atom is -0.306 e. The van der Waals surface area contributed by atoms with E-state index in [4.69, 9.17) is 11.6 Å². The van der Waals surface area contributed by atoms with Crippen LogP contribution in [0.2, 0.25) is 5.02 Å². The summed E-state index contributed by atoms with van der Waals surface area (Å²) >= 11 is 6.05. The molecule has 108 valence electrons. The van der Waals surface area contributed by atoms with Gasteiger partial charge in [-0.2, -0.15) is 0 Å². The van der Waals surface area contributed by atoms with Gasteiger partial charge in [-0.15, -0.1) is 0 Å². The van der Waals surface area contributed by atoms with E-state index in [2.05, 4.69) is 16.8 Å². The van der Waals surface area contributed by atoms with Crippen molar-refractivity contribution in [2.24, 2.45) is 5.92 Å². The van der Waals surface area contributed by atoms with Crippen LogP contribution < -0.4 is 5.69 Å². The van der Waals surface area contributed by atoms with Crippen molar-refractivity contribution in [3.05, 3.63) is 33.7 Å². The Labute approximate surface area is 123 Å². The lowest BCUT2D eigenvalue weighted by Crippen LogP contribution is -2.37. The Hall–Kier alpha value is -1.26. The number of nitrogens with zero attached hydrogens (tertiary/aromatic N) is 2. The Balaban J connectivity index is 1.88. The topological polar surface area (TPSA) is 41.0 Å². The standard InChI is InChI=1S/C15H20ClN3O/c1-2-18-7-3-4-11(9-18)10-19-14-8-12(16)5-6-13(14)17-15(19)20/h5-6,8,11H,2-4,7,9-10H2,1H3,(H,17,20). The molecule has 20 heavy (non-hydrogen) atoms. The molecule has 0 radical (unpaired) electrons. The van der Waals surface area contributed by atoms with E-state index in [1.807, 2.05) is 22.8 Å². The van der Waals surface area contributed by atoms with Gasteiger partial charge >= 0.3 is 5.69 Å². The molecular weight excluding hydrogens is 274 g/mol. The van der Waals surface area contributed by atoms with E-state index in [9.17, 15) is 4.79 Å². The van der Waals surface area contributed by atoms with E-state index in [0.29, 0.717) is 10.9 Å². The molecule has 1 unspecified atom stereocenters. The third kappa shape index (κ3) is 2.63. The number of H-pyrrole nitrogens is 1. The molecule has 1 aromatic carbocycles. The average Bonchev–Trinajstić information content (AvgIpc) is 2.75. The molecule has 0 saturated carbocycles.